The summed E-state index contributed by atoms with van der Waals surface area (Å²) in [4.78, 5) is 47.8. The number of aromatic amines is 1. The van der Waals surface area contributed by atoms with Gasteiger partial charge in [-0.05, 0) is 49.4 Å². The highest BCUT2D eigenvalue weighted by Gasteiger charge is 2.47. The molecule has 9 heteroatoms. The SMILES string of the molecule is CCOC(=O)c1[nH]c(C)c(C(O)=C2C(=O)C(=O)N(Cc3cccnc3)[C@H]2c2cccs2)c1C. The second kappa shape index (κ2) is 9.03. The minimum Gasteiger partial charge on any atom is -0.507 e. The molecule has 3 aromatic heterocycles. The van der Waals surface area contributed by atoms with E-state index in [0.29, 0.717) is 16.8 Å². The zero-order valence-corrected chi connectivity index (χ0v) is 19.2. The van der Waals surface area contributed by atoms with E-state index in [1.165, 1.54) is 16.2 Å². The van der Waals surface area contributed by atoms with Gasteiger partial charge in [0.25, 0.3) is 11.7 Å². The Kier molecular flexibility index (Phi) is 6.15. The number of aromatic nitrogens is 2. The zero-order chi connectivity index (χ0) is 23.7. The molecular formula is C24H23N3O5S. The topological polar surface area (TPSA) is 113 Å². The summed E-state index contributed by atoms with van der Waals surface area (Å²) in [6.07, 6.45) is 3.27. The van der Waals surface area contributed by atoms with Crippen LogP contribution < -0.4 is 0 Å². The van der Waals surface area contributed by atoms with Crippen LogP contribution in [0.25, 0.3) is 5.76 Å². The first-order valence-corrected chi connectivity index (χ1v) is 11.3. The Balaban J connectivity index is 1.85. The van der Waals surface area contributed by atoms with Crippen LogP contribution in [0.15, 0.2) is 47.6 Å². The van der Waals surface area contributed by atoms with E-state index in [-0.39, 0.29) is 30.2 Å². The number of amides is 1. The van der Waals surface area contributed by atoms with Gasteiger partial charge in [-0.2, -0.15) is 0 Å². The molecule has 0 bridgehead atoms. The van der Waals surface area contributed by atoms with E-state index < -0.39 is 23.7 Å². The van der Waals surface area contributed by atoms with Crippen molar-refractivity contribution in [3.05, 3.63) is 80.6 Å². The fraction of sp³-hybridized carbons (Fsp3) is 0.250. The number of nitrogens with zero attached hydrogens (tertiary/aromatic N) is 2. The van der Waals surface area contributed by atoms with Gasteiger partial charge in [0, 0.05) is 35.1 Å². The summed E-state index contributed by atoms with van der Waals surface area (Å²) < 4.78 is 5.08. The Labute approximate surface area is 194 Å². The molecule has 33 heavy (non-hydrogen) atoms. The number of ether oxygens (including phenoxy) is 1. The van der Waals surface area contributed by atoms with Gasteiger partial charge in [-0.25, -0.2) is 4.79 Å². The Bertz CT molecular complexity index is 1240. The highest BCUT2D eigenvalue weighted by Crippen LogP contribution is 2.42. The number of carbonyl (C=O) groups is 3. The maximum absolute atomic E-state index is 13.2. The number of esters is 1. The third-order valence-electron chi connectivity index (χ3n) is 5.58. The van der Waals surface area contributed by atoms with Crippen LogP contribution in [0.3, 0.4) is 0 Å². The van der Waals surface area contributed by atoms with Crippen molar-refractivity contribution >= 4 is 34.8 Å². The number of nitrogens with one attached hydrogen (secondary N) is 1. The van der Waals surface area contributed by atoms with E-state index in [1.54, 1.807) is 39.2 Å². The third kappa shape index (κ3) is 3.95. The lowest BCUT2D eigenvalue weighted by atomic mass is 9.97. The number of hydrogen-bond acceptors (Lipinski definition) is 7. The van der Waals surface area contributed by atoms with Gasteiger partial charge in [0.1, 0.15) is 11.5 Å². The maximum atomic E-state index is 13.2. The largest absolute Gasteiger partial charge is 0.507 e. The van der Waals surface area contributed by atoms with Crippen molar-refractivity contribution in [2.45, 2.75) is 33.4 Å². The summed E-state index contributed by atoms with van der Waals surface area (Å²) >= 11 is 1.39. The smallest absolute Gasteiger partial charge is 0.355 e. The average Bonchev–Trinajstić information content (AvgIpc) is 3.48. The van der Waals surface area contributed by atoms with Gasteiger partial charge >= 0.3 is 5.97 Å². The molecule has 0 spiro atoms. The number of thiophene rings is 1. The molecule has 1 fully saturated rings. The predicted octanol–water partition coefficient (Wildman–Crippen LogP) is 3.89. The fourth-order valence-electron chi connectivity index (χ4n) is 4.12. The standard InChI is InChI=1S/C24H23N3O5S/c1-4-32-24(31)19-13(2)17(14(3)26-19)21(28)18-20(16-8-6-10-33-16)27(23(30)22(18)29)12-15-7-5-9-25-11-15/h5-11,20,26,28H,4,12H2,1-3H3/t20-/m0/s1. The summed E-state index contributed by atoms with van der Waals surface area (Å²) in [7, 11) is 0. The number of pyridine rings is 1. The molecule has 170 valence electrons. The quantitative estimate of drug-likeness (QED) is 0.247. The molecule has 1 saturated heterocycles. The van der Waals surface area contributed by atoms with Gasteiger partial charge in [-0.1, -0.05) is 12.1 Å². The van der Waals surface area contributed by atoms with Gasteiger partial charge in [-0.3, -0.25) is 14.6 Å². The lowest BCUT2D eigenvalue weighted by Crippen LogP contribution is -2.28. The fourth-order valence-corrected chi connectivity index (χ4v) is 4.97. The van der Waals surface area contributed by atoms with E-state index in [0.717, 1.165) is 10.4 Å². The molecule has 1 aliphatic rings. The molecular weight excluding hydrogens is 442 g/mol. The Morgan fingerprint density at radius 3 is 2.70 bits per heavy atom. The van der Waals surface area contributed by atoms with Crippen LogP contribution in [-0.4, -0.2) is 44.2 Å². The lowest BCUT2D eigenvalue weighted by Gasteiger charge is -2.24. The normalized spacial score (nSPS) is 17.5. The molecule has 0 aliphatic carbocycles. The number of ketones is 1. The van der Waals surface area contributed by atoms with Crippen molar-refractivity contribution in [1.29, 1.82) is 0 Å². The van der Waals surface area contributed by atoms with E-state index >= 15 is 0 Å². The molecule has 0 saturated carbocycles. The summed E-state index contributed by atoms with van der Waals surface area (Å²) in [6, 6.07) is 6.48. The molecule has 1 atom stereocenters. The monoisotopic (exact) mass is 465 g/mol. The molecule has 2 N–H and O–H groups in total. The molecule has 4 heterocycles. The maximum Gasteiger partial charge on any atom is 0.355 e. The minimum absolute atomic E-state index is 0.00745. The van der Waals surface area contributed by atoms with Crippen LogP contribution in [-0.2, 0) is 20.9 Å². The number of likely N-dealkylation sites (tertiary alicyclic amines) is 1. The van der Waals surface area contributed by atoms with Gasteiger partial charge in [0.2, 0.25) is 0 Å². The van der Waals surface area contributed by atoms with Crippen molar-refractivity contribution in [2.24, 2.45) is 0 Å². The number of aliphatic hydroxyl groups excluding tert-OH is 1. The third-order valence-corrected chi connectivity index (χ3v) is 6.51. The molecule has 1 amide bonds. The summed E-state index contributed by atoms with van der Waals surface area (Å²) in [5, 5.41) is 13.2. The van der Waals surface area contributed by atoms with Crippen molar-refractivity contribution in [1.82, 2.24) is 14.9 Å². The van der Waals surface area contributed by atoms with Gasteiger partial charge < -0.3 is 19.7 Å². The van der Waals surface area contributed by atoms with Gasteiger partial charge in [-0.15, -0.1) is 11.3 Å². The Morgan fingerprint density at radius 1 is 1.27 bits per heavy atom. The van der Waals surface area contributed by atoms with Crippen LogP contribution in [0.4, 0.5) is 0 Å². The second-order valence-corrected chi connectivity index (χ2v) is 8.63. The Morgan fingerprint density at radius 2 is 2.06 bits per heavy atom. The van der Waals surface area contributed by atoms with Crippen LogP contribution in [0.2, 0.25) is 0 Å². The number of carbonyl (C=O) groups excluding carboxylic acids is 3. The van der Waals surface area contributed by atoms with Gasteiger partial charge in [0.05, 0.1) is 18.2 Å². The molecule has 8 nitrogen and oxygen atoms in total. The molecule has 0 radical (unpaired) electrons. The van der Waals surface area contributed by atoms with Crippen LogP contribution in [0, 0.1) is 13.8 Å². The minimum atomic E-state index is -0.771. The number of H-pyrrole nitrogens is 1. The van der Waals surface area contributed by atoms with Crippen molar-refractivity contribution in [2.75, 3.05) is 6.61 Å². The number of hydrogen-bond donors (Lipinski definition) is 2. The van der Waals surface area contributed by atoms with E-state index in [9.17, 15) is 19.5 Å². The van der Waals surface area contributed by atoms with Gasteiger partial charge in [0.15, 0.2) is 0 Å². The van der Waals surface area contributed by atoms with E-state index in [4.69, 9.17) is 4.74 Å². The first-order valence-electron chi connectivity index (χ1n) is 10.4. The number of Topliss-reactive ketones (excluding diaryl/α,β-unsaturated/α-hetero) is 1. The summed E-state index contributed by atoms with van der Waals surface area (Å²) in [6.45, 7) is 5.43. The molecule has 0 unspecified atom stereocenters. The van der Waals surface area contributed by atoms with Crippen molar-refractivity contribution < 1.29 is 24.2 Å². The highest BCUT2D eigenvalue weighted by molar-refractivity contribution is 7.10. The lowest BCUT2D eigenvalue weighted by molar-refractivity contribution is -0.140. The summed E-state index contributed by atoms with van der Waals surface area (Å²) in [5.41, 5.74) is 2.22. The van der Waals surface area contributed by atoms with Crippen LogP contribution in [0.5, 0.6) is 0 Å². The molecule has 3 aromatic rings. The molecule has 1 aliphatic heterocycles. The van der Waals surface area contributed by atoms with E-state index in [2.05, 4.69) is 9.97 Å². The van der Waals surface area contributed by atoms with Crippen LogP contribution in [0.1, 0.15) is 50.7 Å². The number of aliphatic hydroxyl groups is 1. The molecule has 0 aromatic carbocycles. The zero-order valence-electron chi connectivity index (χ0n) is 18.4. The predicted molar refractivity (Wildman–Crippen MR) is 123 cm³/mol. The Hall–Kier alpha value is -3.72. The molecule has 4 rings (SSSR count). The average molecular weight is 466 g/mol. The second-order valence-electron chi connectivity index (χ2n) is 7.65. The van der Waals surface area contributed by atoms with Crippen molar-refractivity contribution in [3.63, 3.8) is 0 Å². The first-order chi connectivity index (χ1) is 15.8. The van der Waals surface area contributed by atoms with Crippen LogP contribution >= 0.6 is 11.3 Å². The number of aryl methyl sites for hydroxylation is 1. The van der Waals surface area contributed by atoms with E-state index in [1.807, 2.05) is 23.6 Å². The summed E-state index contributed by atoms with van der Waals surface area (Å²) in [5.74, 6) is -2.34. The highest BCUT2D eigenvalue weighted by atomic mass is 32.1. The van der Waals surface area contributed by atoms with Crippen molar-refractivity contribution in [3.8, 4) is 0 Å². The number of rotatable bonds is 6. The first kappa shape index (κ1) is 22.5.